The standard InChI is InChI=1S/C16H11BrClN.C15H14BrNO/c17-14-6-7-15-12(10-14)9-13(16(18)19-15)8-11-4-2-1-3-5-11;16-13-7-9-14(10-8-13)17-15(18)11-6-12-4-2-1-3-5-12/h1-7,9-10H,8H2;1-5,7-10H,6,11H2,(H,17,18). The average molecular weight is 637 g/mol. The third-order valence-corrected chi connectivity index (χ3v) is 7.00. The molecule has 1 amide bonds. The van der Waals surface area contributed by atoms with E-state index < -0.39 is 0 Å². The van der Waals surface area contributed by atoms with Crippen LogP contribution in [-0.4, -0.2) is 10.9 Å². The first-order valence-corrected chi connectivity index (χ1v) is 13.8. The molecule has 0 fully saturated rings. The number of carbonyl (C=O) groups is 1. The Hall–Kier alpha value is -2.99. The second-order valence-corrected chi connectivity index (χ2v) is 10.7. The lowest BCUT2D eigenvalue weighted by Gasteiger charge is -2.06. The van der Waals surface area contributed by atoms with E-state index in [0.29, 0.717) is 11.6 Å². The molecule has 6 heteroatoms. The van der Waals surface area contributed by atoms with Crippen LogP contribution in [0.2, 0.25) is 5.15 Å². The smallest absolute Gasteiger partial charge is 0.224 e. The van der Waals surface area contributed by atoms with Crippen molar-refractivity contribution in [1.82, 2.24) is 4.98 Å². The molecule has 0 aliphatic carbocycles. The Morgan fingerprint density at radius 2 is 1.38 bits per heavy atom. The van der Waals surface area contributed by atoms with Crippen LogP contribution in [0.1, 0.15) is 23.1 Å². The number of nitrogens with zero attached hydrogens (tertiary/aromatic N) is 1. The number of halogens is 3. The van der Waals surface area contributed by atoms with Crippen LogP contribution in [0.15, 0.2) is 118 Å². The first-order chi connectivity index (χ1) is 18.0. The first-order valence-electron chi connectivity index (χ1n) is 11.8. The van der Waals surface area contributed by atoms with E-state index >= 15 is 0 Å². The van der Waals surface area contributed by atoms with E-state index in [4.69, 9.17) is 11.6 Å². The molecule has 1 N–H and O–H groups in total. The molecule has 0 bridgehead atoms. The van der Waals surface area contributed by atoms with E-state index in [2.05, 4.69) is 66.4 Å². The van der Waals surface area contributed by atoms with E-state index in [-0.39, 0.29) is 5.91 Å². The Bertz CT molecular complexity index is 1460. The summed E-state index contributed by atoms with van der Waals surface area (Å²) in [7, 11) is 0. The van der Waals surface area contributed by atoms with Gasteiger partial charge in [-0.1, -0.05) is 104 Å². The molecule has 5 aromatic rings. The first kappa shape index (κ1) is 27.1. The summed E-state index contributed by atoms with van der Waals surface area (Å²) >= 11 is 13.1. The van der Waals surface area contributed by atoms with Crippen LogP contribution in [0.5, 0.6) is 0 Å². The van der Waals surface area contributed by atoms with Gasteiger partial charge in [0.1, 0.15) is 5.15 Å². The van der Waals surface area contributed by atoms with Gasteiger partial charge in [0.25, 0.3) is 0 Å². The number of aromatic nitrogens is 1. The van der Waals surface area contributed by atoms with Crippen molar-refractivity contribution >= 4 is 66.0 Å². The topological polar surface area (TPSA) is 42.0 Å². The summed E-state index contributed by atoms with van der Waals surface area (Å²) < 4.78 is 2.06. The second kappa shape index (κ2) is 13.5. The number of anilines is 1. The summed E-state index contributed by atoms with van der Waals surface area (Å²) in [5, 5.41) is 4.56. The minimum absolute atomic E-state index is 0.0428. The van der Waals surface area contributed by atoms with Crippen LogP contribution in [-0.2, 0) is 17.6 Å². The Morgan fingerprint density at radius 3 is 2.05 bits per heavy atom. The van der Waals surface area contributed by atoms with Gasteiger partial charge in [-0.3, -0.25) is 4.79 Å². The van der Waals surface area contributed by atoms with Crippen molar-refractivity contribution in [1.29, 1.82) is 0 Å². The highest BCUT2D eigenvalue weighted by Crippen LogP contribution is 2.25. The Kier molecular flexibility index (Phi) is 9.89. The summed E-state index contributed by atoms with van der Waals surface area (Å²) in [6.45, 7) is 0. The fourth-order valence-electron chi connectivity index (χ4n) is 3.77. The average Bonchev–Trinajstić information content (AvgIpc) is 2.91. The molecule has 0 spiro atoms. The Balaban J connectivity index is 0.000000173. The quantitative estimate of drug-likeness (QED) is 0.189. The molecule has 1 aromatic heterocycles. The molecule has 0 atom stereocenters. The highest BCUT2D eigenvalue weighted by Gasteiger charge is 2.06. The molecule has 0 unspecified atom stereocenters. The molecule has 4 aromatic carbocycles. The molecule has 37 heavy (non-hydrogen) atoms. The minimum atomic E-state index is 0.0428. The predicted molar refractivity (Wildman–Crippen MR) is 161 cm³/mol. The Labute approximate surface area is 239 Å². The number of carbonyl (C=O) groups excluding carboxylic acids is 1. The van der Waals surface area contributed by atoms with Gasteiger partial charge >= 0.3 is 0 Å². The lowest BCUT2D eigenvalue weighted by Crippen LogP contribution is -2.12. The lowest BCUT2D eigenvalue weighted by molar-refractivity contribution is -0.116. The molecule has 0 saturated heterocycles. The van der Waals surface area contributed by atoms with Gasteiger partial charge in [-0.2, -0.15) is 0 Å². The van der Waals surface area contributed by atoms with Crippen molar-refractivity contribution in [2.75, 3.05) is 5.32 Å². The van der Waals surface area contributed by atoms with E-state index in [0.717, 1.165) is 43.9 Å². The number of nitrogens with one attached hydrogen (secondary N) is 1. The highest BCUT2D eigenvalue weighted by atomic mass is 79.9. The fourth-order valence-corrected chi connectivity index (χ4v) is 4.62. The maximum absolute atomic E-state index is 11.7. The van der Waals surface area contributed by atoms with Gasteiger partial charge < -0.3 is 5.32 Å². The third kappa shape index (κ3) is 8.53. The van der Waals surface area contributed by atoms with Gasteiger partial charge in [0.05, 0.1) is 5.52 Å². The normalized spacial score (nSPS) is 10.5. The molecule has 5 rings (SSSR count). The number of rotatable bonds is 6. The van der Waals surface area contributed by atoms with Crippen molar-refractivity contribution in [2.24, 2.45) is 0 Å². The fraction of sp³-hybridized carbons (Fsp3) is 0.0968. The minimum Gasteiger partial charge on any atom is -0.326 e. The van der Waals surface area contributed by atoms with Crippen molar-refractivity contribution in [3.63, 3.8) is 0 Å². The van der Waals surface area contributed by atoms with Crippen LogP contribution in [0, 0.1) is 0 Å². The number of amides is 1. The van der Waals surface area contributed by atoms with E-state index in [1.165, 1.54) is 11.1 Å². The van der Waals surface area contributed by atoms with Gasteiger partial charge in [-0.05, 0) is 71.6 Å². The van der Waals surface area contributed by atoms with Crippen LogP contribution < -0.4 is 5.32 Å². The summed E-state index contributed by atoms with van der Waals surface area (Å²) in [5.41, 5.74) is 5.23. The summed E-state index contributed by atoms with van der Waals surface area (Å²) in [5.74, 6) is 0.0428. The van der Waals surface area contributed by atoms with Crippen LogP contribution in [0.25, 0.3) is 10.9 Å². The predicted octanol–water partition coefficient (Wildman–Crippen LogP) is 9.26. The summed E-state index contributed by atoms with van der Waals surface area (Å²) in [6, 6.07) is 36.0. The number of benzene rings is 4. The second-order valence-electron chi connectivity index (χ2n) is 8.48. The monoisotopic (exact) mass is 634 g/mol. The number of pyridine rings is 1. The van der Waals surface area contributed by atoms with Gasteiger partial charge in [0.2, 0.25) is 5.91 Å². The maximum Gasteiger partial charge on any atom is 0.224 e. The lowest BCUT2D eigenvalue weighted by atomic mass is 10.0. The molecule has 0 aliphatic rings. The molecular weight excluding hydrogens is 612 g/mol. The van der Waals surface area contributed by atoms with Crippen molar-refractivity contribution in [2.45, 2.75) is 19.3 Å². The van der Waals surface area contributed by atoms with Gasteiger partial charge in [-0.15, -0.1) is 0 Å². The van der Waals surface area contributed by atoms with Crippen LogP contribution in [0.4, 0.5) is 5.69 Å². The molecule has 3 nitrogen and oxygen atoms in total. The van der Waals surface area contributed by atoms with Gasteiger partial charge in [-0.25, -0.2) is 4.98 Å². The SMILES string of the molecule is Clc1nc2ccc(Br)cc2cc1Cc1ccccc1.O=C(CCc1ccccc1)Nc1ccc(Br)cc1. The maximum atomic E-state index is 11.7. The van der Waals surface area contributed by atoms with Crippen LogP contribution >= 0.6 is 43.5 Å². The van der Waals surface area contributed by atoms with Crippen molar-refractivity contribution in [3.05, 3.63) is 140 Å². The largest absolute Gasteiger partial charge is 0.326 e. The van der Waals surface area contributed by atoms with Crippen molar-refractivity contribution < 1.29 is 4.79 Å². The number of aryl methyl sites for hydroxylation is 1. The molecular formula is C31H25Br2ClN2O. The van der Waals surface area contributed by atoms with E-state index in [1.54, 1.807) is 0 Å². The van der Waals surface area contributed by atoms with Gasteiger partial charge in [0.15, 0.2) is 0 Å². The zero-order valence-electron chi connectivity index (χ0n) is 20.0. The summed E-state index contributed by atoms with van der Waals surface area (Å²) in [6.07, 6.45) is 2.07. The molecule has 0 radical (unpaired) electrons. The van der Waals surface area contributed by atoms with E-state index in [9.17, 15) is 4.79 Å². The summed E-state index contributed by atoms with van der Waals surface area (Å²) in [4.78, 5) is 16.2. The zero-order valence-corrected chi connectivity index (χ0v) is 23.9. The Morgan fingerprint density at radius 1 is 0.757 bits per heavy atom. The number of hydrogen-bond acceptors (Lipinski definition) is 2. The molecule has 186 valence electrons. The highest BCUT2D eigenvalue weighted by molar-refractivity contribution is 9.10. The van der Waals surface area contributed by atoms with Gasteiger partial charge in [0, 0.05) is 32.9 Å². The number of fused-ring (bicyclic) bond motifs is 1. The van der Waals surface area contributed by atoms with E-state index in [1.807, 2.05) is 84.9 Å². The molecule has 0 saturated carbocycles. The zero-order chi connectivity index (χ0) is 26.0. The van der Waals surface area contributed by atoms with Crippen LogP contribution in [0.3, 0.4) is 0 Å². The van der Waals surface area contributed by atoms with Crippen molar-refractivity contribution in [3.8, 4) is 0 Å². The number of hydrogen-bond donors (Lipinski definition) is 1. The molecule has 0 aliphatic heterocycles. The third-order valence-electron chi connectivity index (χ3n) is 5.65. The molecule has 1 heterocycles.